The summed E-state index contributed by atoms with van der Waals surface area (Å²) in [7, 11) is 0. The number of nitrogens with one attached hydrogen (secondary N) is 1. The summed E-state index contributed by atoms with van der Waals surface area (Å²) in [6.07, 6.45) is 2.55. The van der Waals surface area contributed by atoms with Gasteiger partial charge < -0.3 is 10.2 Å². The van der Waals surface area contributed by atoms with Gasteiger partial charge in [0.15, 0.2) is 0 Å². The topological polar surface area (TPSA) is 58.1 Å². The molecular formula is C18H18N4OS. The number of hydrogen-bond donors (Lipinski definition) is 1. The molecule has 2 heterocycles. The van der Waals surface area contributed by atoms with E-state index in [9.17, 15) is 4.79 Å². The van der Waals surface area contributed by atoms with E-state index in [1.165, 1.54) is 18.5 Å². The van der Waals surface area contributed by atoms with Crippen molar-refractivity contribution in [1.82, 2.24) is 14.1 Å². The van der Waals surface area contributed by atoms with E-state index in [1.807, 2.05) is 12.1 Å². The van der Waals surface area contributed by atoms with Crippen LogP contribution in [0.1, 0.15) is 28.8 Å². The summed E-state index contributed by atoms with van der Waals surface area (Å²) in [6.45, 7) is 2.79. The minimum atomic E-state index is -0.114. The first-order valence-electron chi connectivity index (χ1n) is 8.15. The summed E-state index contributed by atoms with van der Waals surface area (Å²) in [4.78, 5) is 14.8. The van der Waals surface area contributed by atoms with Crippen LogP contribution in [0.15, 0.2) is 42.5 Å². The molecule has 0 aliphatic carbocycles. The first-order valence-corrected chi connectivity index (χ1v) is 8.88. The highest BCUT2D eigenvalue weighted by Crippen LogP contribution is 2.20. The predicted octanol–water partition coefficient (Wildman–Crippen LogP) is 3.22. The van der Waals surface area contributed by atoms with Gasteiger partial charge in [-0.3, -0.25) is 4.79 Å². The van der Waals surface area contributed by atoms with Gasteiger partial charge in [0.1, 0.15) is 11.0 Å². The van der Waals surface area contributed by atoms with Crippen LogP contribution < -0.4 is 10.2 Å². The maximum Gasteiger partial charge on any atom is 0.253 e. The van der Waals surface area contributed by atoms with Gasteiger partial charge in [-0.15, -0.1) is 0 Å². The van der Waals surface area contributed by atoms with E-state index in [-0.39, 0.29) is 5.91 Å². The van der Waals surface area contributed by atoms with Crippen molar-refractivity contribution >= 4 is 34.4 Å². The van der Waals surface area contributed by atoms with Crippen molar-refractivity contribution in [2.75, 3.05) is 18.0 Å². The van der Waals surface area contributed by atoms with Crippen LogP contribution in [0, 0.1) is 0 Å². The van der Waals surface area contributed by atoms with Crippen molar-refractivity contribution in [2.24, 2.45) is 0 Å². The van der Waals surface area contributed by atoms with Gasteiger partial charge in [-0.2, -0.15) is 8.75 Å². The second-order valence-corrected chi connectivity index (χ2v) is 6.51. The van der Waals surface area contributed by atoms with Crippen molar-refractivity contribution in [2.45, 2.75) is 19.4 Å². The average Bonchev–Trinajstić information content (AvgIpc) is 3.31. The Balaban J connectivity index is 1.42. The lowest BCUT2D eigenvalue weighted by Crippen LogP contribution is -2.23. The monoisotopic (exact) mass is 338 g/mol. The molecule has 6 heteroatoms. The van der Waals surface area contributed by atoms with E-state index in [0.717, 1.165) is 35.9 Å². The lowest BCUT2D eigenvalue weighted by atomic mass is 10.1. The number of carbonyl (C=O) groups is 1. The van der Waals surface area contributed by atoms with Crippen molar-refractivity contribution in [3.8, 4) is 0 Å². The number of amides is 1. The molecule has 1 saturated heterocycles. The van der Waals surface area contributed by atoms with Crippen LogP contribution in [-0.2, 0) is 6.54 Å². The molecule has 122 valence electrons. The lowest BCUT2D eigenvalue weighted by Gasteiger charge is -2.17. The molecule has 1 fully saturated rings. The van der Waals surface area contributed by atoms with Crippen LogP contribution in [0.25, 0.3) is 11.0 Å². The second-order valence-electron chi connectivity index (χ2n) is 5.98. The van der Waals surface area contributed by atoms with Crippen molar-refractivity contribution < 1.29 is 4.79 Å². The van der Waals surface area contributed by atoms with Crippen LogP contribution in [0.5, 0.6) is 0 Å². The number of aromatic nitrogens is 2. The first-order chi connectivity index (χ1) is 11.8. The molecule has 2 aromatic carbocycles. The Morgan fingerprint density at radius 1 is 1.08 bits per heavy atom. The summed E-state index contributed by atoms with van der Waals surface area (Å²) in [5.41, 5.74) is 4.37. The molecular weight excluding hydrogens is 320 g/mol. The van der Waals surface area contributed by atoms with E-state index < -0.39 is 0 Å². The fourth-order valence-corrected chi connectivity index (χ4v) is 3.62. The van der Waals surface area contributed by atoms with Crippen LogP contribution >= 0.6 is 11.7 Å². The van der Waals surface area contributed by atoms with E-state index in [4.69, 9.17) is 0 Å². The number of hydrogen-bond acceptors (Lipinski definition) is 5. The highest BCUT2D eigenvalue weighted by Gasteiger charge is 2.13. The van der Waals surface area contributed by atoms with Crippen molar-refractivity contribution in [3.05, 3.63) is 53.6 Å². The Morgan fingerprint density at radius 3 is 2.67 bits per heavy atom. The second kappa shape index (κ2) is 6.57. The third kappa shape index (κ3) is 2.97. The third-order valence-corrected chi connectivity index (χ3v) is 4.93. The third-order valence-electron chi connectivity index (χ3n) is 4.39. The molecule has 1 N–H and O–H groups in total. The van der Waals surface area contributed by atoms with Gasteiger partial charge in [-0.1, -0.05) is 18.2 Å². The SMILES string of the molecule is O=C(NCc1ccc(N2CCCC2)cc1)c1cccc2nsnc12. The summed E-state index contributed by atoms with van der Waals surface area (Å²) >= 11 is 1.13. The highest BCUT2D eigenvalue weighted by molar-refractivity contribution is 7.00. The van der Waals surface area contributed by atoms with Crippen LogP contribution in [0.3, 0.4) is 0 Å². The highest BCUT2D eigenvalue weighted by atomic mass is 32.1. The Labute approximate surface area is 144 Å². The average molecular weight is 338 g/mol. The van der Waals surface area contributed by atoms with Crippen molar-refractivity contribution in [1.29, 1.82) is 0 Å². The Kier molecular flexibility index (Phi) is 4.13. The van der Waals surface area contributed by atoms with Gasteiger partial charge in [-0.25, -0.2) is 0 Å². The fourth-order valence-electron chi connectivity index (χ4n) is 3.07. The number of fused-ring (bicyclic) bond motifs is 1. The molecule has 0 atom stereocenters. The Morgan fingerprint density at radius 2 is 1.88 bits per heavy atom. The fraction of sp³-hybridized carbons (Fsp3) is 0.278. The number of benzene rings is 2. The van der Waals surface area contributed by atoms with Gasteiger partial charge in [0, 0.05) is 25.3 Å². The summed E-state index contributed by atoms with van der Waals surface area (Å²) in [6, 6.07) is 13.9. The molecule has 1 aliphatic heterocycles. The Hall–Kier alpha value is -2.47. The van der Waals surface area contributed by atoms with Crippen LogP contribution in [0.4, 0.5) is 5.69 Å². The zero-order valence-corrected chi connectivity index (χ0v) is 14.1. The summed E-state index contributed by atoms with van der Waals surface area (Å²) in [5.74, 6) is -0.114. The maximum absolute atomic E-state index is 12.4. The molecule has 24 heavy (non-hydrogen) atoms. The summed E-state index contributed by atoms with van der Waals surface area (Å²) in [5, 5.41) is 2.97. The quantitative estimate of drug-likeness (QED) is 0.793. The maximum atomic E-state index is 12.4. The minimum Gasteiger partial charge on any atom is -0.372 e. The predicted molar refractivity (Wildman–Crippen MR) is 96.5 cm³/mol. The van der Waals surface area contributed by atoms with Gasteiger partial charge in [-0.05, 0) is 42.7 Å². The molecule has 4 rings (SSSR count). The van der Waals surface area contributed by atoms with Crippen molar-refractivity contribution in [3.63, 3.8) is 0 Å². The van der Waals surface area contributed by atoms with Gasteiger partial charge in [0.25, 0.3) is 5.91 Å². The zero-order valence-electron chi connectivity index (χ0n) is 13.2. The standard InChI is InChI=1S/C18H18N4OS/c23-18(15-4-3-5-16-17(15)21-24-20-16)19-12-13-6-8-14(9-7-13)22-10-1-2-11-22/h3-9H,1-2,10-12H2,(H,19,23). The van der Waals surface area contributed by atoms with Gasteiger partial charge >= 0.3 is 0 Å². The van der Waals surface area contributed by atoms with E-state index in [0.29, 0.717) is 17.6 Å². The molecule has 0 saturated carbocycles. The van der Waals surface area contributed by atoms with E-state index in [2.05, 4.69) is 43.2 Å². The van der Waals surface area contributed by atoms with Gasteiger partial charge in [0.2, 0.25) is 0 Å². The molecule has 0 radical (unpaired) electrons. The molecule has 0 spiro atoms. The largest absolute Gasteiger partial charge is 0.372 e. The number of anilines is 1. The molecule has 0 unspecified atom stereocenters. The summed E-state index contributed by atoms with van der Waals surface area (Å²) < 4.78 is 8.39. The van der Waals surface area contributed by atoms with E-state index in [1.54, 1.807) is 6.07 Å². The smallest absolute Gasteiger partial charge is 0.253 e. The minimum absolute atomic E-state index is 0.114. The van der Waals surface area contributed by atoms with Crippen LogP contribution in [0.2, 0.25) is 0 Å². The van der Waals surface area contributed by atoms with Crippen LogP contribution in [-0.4, -0.2) is 27.7 Å². The Bertz CT molecular complexity index is 853. The number of carbonyl (C=O) groups excluding carboxylic acids is 1. The molecule has 1 aliphatic rings. The number of rotatable bonds is 4. The molecule has 1 amide bonds. The normalized spacial score (nSPS) is 14.2. The molecule has 3 aromatic rings. The molecule has 1 aromatic heterocycles. The zero-order chi connectivity index (χ0) is 16.4. The van der Waals surface area contributed by atoms with Gasteiger partial charge in [0.05, 0.1) is 17.3 Å². The molecule has 5 nitrogen and oxygen atoms in total. The first kappa shape index (κ1) is 15.1. The lowest BCUT2D eigenvalue weighted by molar-refractivity contribution is 0.0952. The number of nitrogens with zero attached hydrogens (tertiary/aromatic N) is 3. The van der Waals surface area contributed by atoms with E-state index >= 15 is 0 Å². The molecule has 0 bridgehead atoms.